The van der Waals surface area contributed by atoms with Crippen LogP contribution in [0.25, 0.3) is 0 Å². The zero-order valence-corrected chi connectivity index (χ0v) is 16.1. The van der Waals surface area contributed by atoms with E-state index in [-0.39, 0.29) is 36.5 Å². The molecule has 0 aromatic heterocycles. The Balaban J connectivity index is 1.73. The smallest absolute Gasteiger partial charge is 0.337 e. The van der Waals surface area contributed by atoms with Gasteiger partial charge in [0.15, 0.2) is 0 Å². The summed E-state index contributed by atoms with van der Waals surface area (Å²) in [5, 5.41) is 21.0. The molecule has 1 heterocycles. The number of hydrogen-bond donors (Lipinski definition) is 3. The van der Waals surface area contributed by atoms with Gasteiger partial charge in [-0.05, 0) is 48.5 Å². The lowest BCUT2D eigenvalue weighted by Crippen LogP contribution is -2.31. The predicted octanol–water partition coefficient (Wildman–Crippen LogP) is 1.85. The number of rotatable bonds is 8. The van der Waals surface area contributed by atoms with Crippen LogP contribution >= 0.6 is 0 Å². The number of carbonyl (C=O) groups is 3. The SMILES string of the molecule is COC(=O)C1=C(Nc2ccc(Oc3ccc(C(=O)O)cc3)cc2)C(=O)N(CCO)C1. The Hall–Kier alpha value is -3.85. The topological polar surface area (TPSA) is 125 Å². The molecular weight excluding hydrogens is 392 g/mol. The van der Waals surface area contributed by atoms with Crippen molar-refractivity contribution in [2.24, 2.45) is 0 Å². The van der Waals surface area contributed by atoms with Crippen molar-refractivity contribution in [2.75, 3.05) is 32.1 Å². The Morgan fingerprint density at radius 3 is 2.20 bits per heavy atom. The number of anilines is 1. The Bertz CT molecular complexity index is 981. The molecule has 0 unspecified atom stereocenters. The molecule has 0 saturated carbocycles. The zero-order valence-electron chi connectivity index (χ0n) is 16.1. The normalized spacial score (nSPS) is 13.4. The molecule has 1 aliphatic heterocycles. The predicted molar refractivity (Wildman–Crippen MR) is 106 cm³/mol. The lowest BCUT2D eigenvalue weighted by Gasteiger charge is -2.15. The van der Waals surface area contributed by atoms with Crippen molar-refractivity contribution in [1.29, 1.82) is 0 Å². The molecular formula is C21H20N2O7. The summed E-state index contributed by atoms with van der Waals surface area (Å²) in [5.41, 5.74) is 1.01. The fraction of sp³-hybridized carbons (Fsp3) is 0.190. The first-order valence-electron chi connectivity index (χ1n) is 9.03. The van der Waals surface area contributed by atoms with E-state index < -0.39 is 17.8 Å². The number of ether oxygens (including phenoxy) is 2. The zero-order chi connectivity index (χ0) is 21.7. The average Bonchev–Trinajstić information content (AvgIpc) is 3.05. The minimum absolute atomic E-state index is 0.0575. The quantitative estimate of drug-likeness (QED) is 0.561. The summed E-state index contributed by atoms with van der Waals surface area (Å²) in [6.45, 7) is -0.0488. The number of carboxylic acid groups (broad SMARTS) is 1. The van der Waals surface area contributed by atoms with Crippen LogP contribution in [0.2, 0.25) is 0 Å². The minimum atomic E-state index is -1.02. The van der Waals surface area contributed by atoms with Gasteiger partial charge in [-0.3, -0.25) is 4.79 Å². The van der Waals surface area contributed by atoms with Crippen molar-refractivity contribution >= 4 is 23.5 Å². The molecule has 3 rings (SSSR count). The molecule has 30 heavy (non-hydrogen) atoms. The van der Waals surface area contributed by atoms with Crippen molar-refractivity contribution in [1.82, 2.24) is 4.90 Å². The van der Waals surface area contributed by atoms with Gasteiger partial charge in [0, 0.05) is 12.2 Å². The van der Waals surface area contributed by atoms with Crippen molar-refractivity contribution in [3.05, 3.63) is 65.4 Å². The third-order valence-electron chi connectivity index (χ3n) is 4.41. The van der Waals surface area contributed by atoms with Crippen LogP contribution in [0, 0.1) is 0 Å². The van der Waals surface area contributed by atoms with E-state index in [9.17, 15) is 14.4 Å². The summed E-state index contributed by atoms with van der Waals surface area (Å²) in [6, 6.07) is 12.7. The van der Waals surface area contributed by atoms with Crippen molar-refractivity contribution < 1.29 is 34.1 Å². The van der Waals surface area contributed by atoms with Gasteiger partial charge in [-0.25, -0.2) is 9.59 Å². The lowest BCUT2D eigenvalue weighted by molar-refractivity contribution is -0.136. The molecule has 0 spiro atoms. The number of benzene rings is 2. The number of carboxylic acids is 1. The summed E-state index contributed by atoms with van der Waals surface area (Å²) < 4.78 is 10.4. The van der Waals surface area contributed by atoms with Crippen LogP contribution in [0.15, 0.2) is 59.8 Å². The maximum absolute atomic E-state index is 12.5. The highest BCUT2D eigenvalue weighted by Crippen LogP contribution is 2.26. The largest absolute Gasteiger partial charge is 0.478 e. The van der Waals surface area contributed by atoms with Gasteiger partial charge in [0.25, 0.3) is 5.91 Å². The van der Waals surface area contributed by atoms with Gasteiger partial charge in [0.1, 0.15) is 17.2 Å². The molecule has 0 atom stereocenters. The third kappa shape index (κ3) is 4.58. The van der Waals surface area contributed by atoms with Gasteiger partial charge in [-0.2, -0.15) is 0 Å². The third-order valence-corrected chi connectivity index (χ3v) is 4.41. The maximum Gasteiger partial charge on any atom is 0.337 e. The van der Waals surface area contributed by atoms with Gasteiger partial charge in [0.05, 0.1) is 31.4 Å². The summed E-state index contributed by atoms with van der Waals surface area (Å²) >= 11 is 0. The van der Waals surface area contributed by atoms with E-state index in [1.165, 1.54) is 24.1 Å². The summed E-state index contributed by atoms with van der Waals surface area (Å²) in [5.74, 6) is -1.05. The number of aliphatic hydroxyl groups excluding tert-OH is 1. The van der Waals surface area contributed by atoms with Crippen LogP contribution < -0.4 is 10.1 Å². The number of aromatic carboxylic acids is 1. The molecule has 9 nitrogen and oxygen atoms in total. The number of nitrogens with zero attached hydrogens (tertiary/aromatic N) is 1. The maximum atomic E-state index is 12.5. The van der Waals surface area contributed by atoms with Crippen LogP contribution in [0.4, 0.5) is 5.69 Å². The second-order valence-corrected chi connectivity index (χ2v) is 6.38. The number of nitrogens with one attached hydrogen (secondary N) is 1. The number of hydrogen-bond acceptors (Lipinski definition) is 7. The number of esters is 1. The standard InChI is InChI=1S/C21H20N2O7/c1-29-21(28)17-12-23(10-11-24)19(25)18(17)22-14-4-8-16(9-5-14)30-15-6-2-13(3-7-15)20(26)27/h2-9,22,24H,10-12H2,1H3,(H,26,27). The average molecular weight is 412 g/mol. The van der Waals surface area contributed by atoms with Crippen LogP contribution in [0.3, 0.4) is 0 Å². The van der Waals surface area contributed by atoms with E-state index in [1.54, 1.807) is 36.4 Å². The van der Waals surface area contributed by atoms with E-state index >= 15 is 0 Å². The van der Waals surface area contributed by atoms with Gasteiger partial charge in [-0.1, -0.05) is 0 Å². The Kier molecular flexibility index (Phi) is 6.33. The highest BCUT2D eigenvalue weighted by molar-refractivity contribution is 6.08. The van der Waals surface area contributed by atoms with Gasteiger partial charge < -0.3 is 29.9 Å². The minimum Gasteiger partial charge on any atom is -0.478 e. The molecule has 0 aliphatic carbocycles. The molecule has 9 heteroatoms. The number of methoxy groups -OCH3 is 1. The molecule has 0 fully saturated rings. The Morgan fingerprint density at radius 1 is 1.07 bits per heavy atom. The van der Waals surface area contributed by atoms with Gasteiger partial charge in [0.2, 0.25) is 0 Å². The molecule has 156 valence electrons. The molecule has 0 bridgehead atoms. The van der Waals surface area contributed by atoms with Crippen molar-refractivity contribution in [3.8, 4) is 11.5 Å². The number of amides is 1. The first-order chi connectivity index (χ1) is 14.4. The van der Waals surface area contributed by atoms with E-state index in [4.69, 9.17) is 19.7 Å². The second kappa shape index (κ2) is 9.10. The Morgan fingerprint density at radius 2 is 1.67 bits per heavy atom. The summed E-state index contributed by atoms with van der Waals surface area (Å²) in [7, 11) is 1.24. The molecule has 0 saturated heterocycles. The molecule has 2 aromatic rings. The lowest BCUT2D eigenvalue weighted by atomic mass is 10.2. The molecule has 0 radical (unpaired) electrons. The van der Waals surface area contributed by atoms with Crippen LogP contribution in [-0.4, -0.2) is 59.8 Å². The van der Waals surface area contributed by atoms with Gasteiger partial charge in [-0.15, -0.1) is 0 Å². The van der Waals surface area contributed by atoms with Crippen LogP contribution in [0.1, 0.15) is 10.4 Å². The molecule has 3 N–H and O–H groups in total. The van der Waals surface area contributed by atoms with E-state index in [0.29, 0.717) is 17.2 Å². The molecule has 1 amide bonds. The van der Waals surface area contributed by atoms with E-state index in [2.05, 4.69) is 5.32 Å². The summed E-state index contributed by atoms with van der Waals surface area (Å²) in [4.78, 5) is 36.8. The van der Waals surface area contributed by atoms with E-state index in [0.717, 1.165) is 0 Å². The molecule has 1 aliphatic rings. The van der Waals surface area contributed by atoms with Crippen molar-refractivity contribution in [3.63, 3.8) is 0 Å². The molecule has 2 aromatic carbocycles. The first-order valence-corrected chi connectivity index (χ1v) is 9.03. The number of aliphatic hydroxyl groups is 1. The van der Waals surface area contributed by atoms with Crippen molar-refractivity contribution in [2.45, 2.75) is 0 Å². The second-order valence-electron chi connectivity index (χ2n) is 6.38. The van der Waals surface area contributed by atoms with Crippen LogP contribution in [-0.2, 0) is 14.3 Å². The highest BCUT2D eigenvalue weighted by atomic mass is 16.5. The van der Waals surface area contributed by atoms with E-state index in [1.807, 2.05) is 0 Å². The first kappa shape index (κ1) is 20.9. The highest BCUT2D eigenvalue weighted by Gasteiger charge is 2.34. The van der Waals surface area contributed by atoms with Crippen LogP contribution in [0.5, 0.6) is 11.5 Å². The number of carbonyl (C=O) groups excluding carboxylic acids is 2. The number of β-amino-alcohol motifs (C(OH)–C–C–N with tert-alkyl or cyclic N) is 1. The summed E-state index contributed by atoms with van der Waals surface area (Å²) in [6.07, 6.45) is 0. The fourth-order valence-corrected chi connectivity index (χ4v) is 2.90. The fourth-order valence-electron chi connectivity index (χ4n) is 2.90. The van der Waals surface area contributed by atoms with Gasteiger partial charge >= 0.3 is 11.9 Å². The monoisotopic (exact) mass is 412 g/mol. The Labute approximate surface area is 172 Å².